The maximum Gasteiger partial charge on any atom is 0.0401 e. The van der Waals surface area contributed by atoms with E-state index in [0.29, 0.717) is 11.5 Å². The molecule has 1 aliphatic heterocycles. The molecule has 0 bridgehead atoms. The van der Waals surface area contributed by atoms with Crippen LogP contribution in [-0.4, -0.2) is 24.1 Å². The topological polar surface area (TPSA) is 37.0 Å². The lowest BCUT2D eigenvalue weighted by molar-refractivity contribution is 0.188. The number of nitrogens with one attached hydrogen (secondary N) is 2. The predicted molar refractivity (Wildman–Crippen MR) is 72.3 cm³/mol. The van der Waals surface area contributed by atoms with E-state index >= 15 is 0 Å². The first-order chi connectivity index (χ1) is 8.09. The van der Waals surface area contributed by atoms with Gasteiger partial charge in [0.2, 0.25) is 0 Å². The predicted octanol–water partition coefficient (Wildman–Crippen LogP) is 2.58. The monoisotopic (exact) mass is 233 g/mol. The normalized spacial score (nSPS) is 23.4. The molecule has 2 heterocycles. The van der Waals surface area contributed by atoms with E-state index in [2.05, 4.69) is 36.4 Å². The molecule has 0 aliphatic carbocycles. The minimum absolute atomic E-state index is 0.381. The highest BCUT2D eigenvalue weighted by molar-refractivity contribution is 5.48. The average Bonchev–Trinajstić information content (AvgIpc) is 2.29. The maximum atomic E-state index is 4.11. The van der Waals surface area contributed by atoms with Crippen LogP contribution in [0.1, 0.15) is 32.3 Å². The van der Waals surface area contributed by atoms with E-state index in [1.807, 2.05) is 18.5 Å². The van der Waals surface area contributed by atoms with Gasteiger partial charge in [0.15, 0.2) is 0 Å². The fourth-order valence-corrected chi connectivity index (χ4v) is 2.50. The SMILES string of the molecule is Cc1cnccc1NCC1NCCCC1(C)C. The van der Waals surface area contributed by atoms with Gasteiger partial charge in [-0.05, 0) is 43.4 Å². The zero-order valence-electron chi connectivity index (χ0n) is 11.1. The summed E-state index contributed by atoms with van der Waals surface area (Å²) in [5, 5.41) is 7.16. The van der Waals surface area contributed by atoms with E-state index in [1.165, 1.54) is 24.1 Å². The summed E-state index contributed by atoms with van der Waals surface area (Å²) in [6.07, 6.45) is 6.34. The van der Waals surface area contributed by atoms with Crippen LogP contribution in [0.4, 0.5) is 5.69 Å². The number of nitrogens with zero attached hydrogens (tertiary/aromatic N) is 1. The quantitative estimate of drug-likeness (QED) is 0.842. The molecule has 2 rings (SSSR count). The molecule has 0 aromatic carbocycles. The Hall–Kier alpha value is -1.09. The molecule has 2 N–H and O–H groups in total. The van der Waals surface area contributed by atoms with Crippen molar-refractivity contribution in [2.24, 2.45) is 5.41 Å². The zero-order chi connectivity index (χ0) is 12.3. The minimum atomic E-state index is 0.381. The van der Waals surface area contributed by atoms with Crippen LogP contribution in [-0.2, 0) is 0 Å². The number of piperidine rings is 1. The lowest BCUT2D eigenvalue weighted by Crippen LogP contribution is -2.50. The number of aromatic nitrogens is 1. The third-order valence-electron chi connectivity index (χ3n) is 3.85. The number of hydrogen-bond acceptors (Lipinski definition) is 3. The second-order valence-electron chi connectivity index (χ2n) is 5.67. The molecule has 1 unspecified atom stereocenters. The molecule has 1 aromatic heterocycles. The van der Waals surface area contributed by atoms with Gasteiger partial charge in [0.05, 0.1) is 0 Å². The smallest absolute Gasteiger partial charge is 0.0401 e. The summed E-state index contributed by atoms with van der Waals surface area (Å²) in [4.78, 5) is 4.11. The highest BCUT2D eigenvalue weighted by Gasteiger charge is 2.31. The van der Waals surface area contributed by atoms with Crippen molar-refractivity contribution in [3.05, 3.63) is 24.0 Å². The molecule has 0 spiro atoms. The summed E-state index contributed by atoms with van der Waals surface area (Å²) < 4.78 is 0. The van der Waals surface area contributed by atoms with Crippen molar-refractivity contribution in [1.82, 2.24) is 10.3 Å². The molecule has 3 heteroatoms. The highest BCUT2D eigenvalue weighted by Crippen LogP contribution is 2.30. The number of rotatable bonds is 3. The molecule has 0 saturated carbocycles. The summed E-state index contributed by atoms with van der Waals surface area (Å²) in [5.41, 5.74) is 2.79. The Balaban J connectivity index is 1.96. The Morgan fingerprint density at radius 2 is 2.35 bits per heavy atom. The van der Waals surface area contributed by atoms with Crippen LogP contribution in [0.15, 0.2) is 18.5 Å². The number of pyridine rings is 1. The molecule has 1 aliphatic rings. The second kappa shape index (κ2) is 5.05. The number of hydrogen-bond donors (Lipinski definition) is 2. The molecule has 1 saturated heterocycles. The first-order valence-corrected chi connectivity index (χ1v) is 6.47. The van der Waals surface area contributed by atoms with Gasteiger partial charge >= 0.3 is 0 Å². The Kier molecular flexibility index (Phi) is 3.67. The lowest BCUT2D eigenvalue weighted by atomic mass is 9.77. The number of aryl methyl sites for hydroxylation is 1. The molecular formula is C14H23N3. The van der Waals surface area contributed by atoms with E-state index in [4.69, 9.17) is 0 Å². The Labute approximate surface area is 104 Å². The van der Waals surface area contributed by atoms with Crippen molar-refractivity contribution in [3.63, 3.8) is 0 Å². The number of anilines is 1. The standard InChI is InChI=1S/C14H23N3/c1-11-9-15-8-5-12(11)17-10-13-14(2,3)6-4-7-16-13/h5,8-9,13,16H,4,6-7,10H2,1-3H3,(H,15,17). The summed E-state index contributed by atoms with van der Waals surface area (Å²) >= 11 is 0. The molecule has 1 aromatic rings. The van der Waals surface area contributed by atoms with Gasteiger partial charge in [0.1, 0.15) is 0 Å². The van der Waals surface area contributed by atoms with E-state index in [1.54, 1.807) is 0 Å². The largest absolute Gasteiger partial charge is 0.383 e. The first kappa shape index (κ1) is 12.4. The fraction of sp³-hybridized carbons (Fsp3) is 0.643. The van der Waals surface area contributed by atoms with Crippen molar-refractivity contribution in [3.8, 4) is 0 Å². The highest BCUT2D eigenvalue weighted by atomic mass is 15.0. The van der Waals surface area contributed by atoms with Crippen LogP contribution >= 0.6 is 0 Å². The Morgan fingerprint density at radius 1 is 1.53 bits per heavy atom. The van der Waals surface area contributed by atoms with E-state index < -0.39 is 0 Å². The minimum Gasteiger partial charge on any atom is -0.383 e. The molecule has 0 amide bonds. The average molecular weight is 233 g/mol. The third kappa shape index (κ3) is 2.97. The van der Waals surface area contributed by atoms with E-state index in [9.17, 15) is 0 Å². The van der Waals surface area contributed by atoms with Crippen molar-refractivity contribution in [2.45, 2.75) is 39.7 Å². The van der Waals surface area contributed by atoms with Crippen LogP contribution in [0, 0.1) is 12.3 Å². The van der Waals surface area contributed by atoms with Crippen LogP contribution in [0.3, 0.4) is 0 Å². The maximum absolute atomic E-state index is 4.11. The van der Waals surface area contributed by atoms with Crippen LogP contribution in [0.25, 0.3) is 0 Å². The molecule has 3 nitrogen and oxygen atoms in total. The van der Waals surface area contributed by atoms with Gasteiger partial charge in [0, 0.05) is 30.7 Å². The summed E-state index contributed by atoms with van der Waals surface area (Å²) in [6.45, 7) is 8.92. The second-order valence-corrected chi connectivity index (χ2v) is 5.67. The summed E-state index contributed by atoms with van der Waals surface area (Å²) in [6, 6.07) is 2.59. The van der Waals surface area contributed by atoms with Crippen LogP contribution in [0.5, 0.6) is 0 Å². The van der Waals surface area contributed by atoms with E-state index in [-0.39, 0.29) is 0 Å². The first-order valence-electron chi connectivity index (χ1n) is 6.47. The van der Waals surface area contributed by atoms with Crippen molar-refractivity contribution >= 4 is 5.69 Å². The Morgan fingerprint density at radius 3 is 3.06 bits per heavy atom. The van der Waals surface area contributed by atoms with Gasteiger partial charge < -0.3 is 10.6 Å². The molecular weight excluding hydrogens is 210 g/mol. The van der Waals surface area contributed by atoms with Crippen molar-refractivity contribution in [1.29, 1.82) is 0 Å². The lowest BCUT2D eigenvalue weighted by Gasteiger charge is -2.39. The van der Waals surface area contributed by atoms with Crippen molar-refractivity contribution in [2.75, 3.05) is 18.4 Å². The molecule has 94 valence electrons. The molecule has 1 fully saturated rings. The van der Waals surface area contributed by atoms with Gasteiger partial charge in [-0.2, -0.15) is 0 Å². The molecule has 0 radical (unpaired) electrons. The van der Waals surface area contributed by atoms with Crippen LogP contribution in [0.2, 0.25) is 0 Å². The third-order valence-corrected chi connectivity index (χ3v) is 3.85. The zero-order valence-corrected chi connectivity index (χ0v) is 11.1. The van der Waals surface area contributed by atoms with Crippen LogP contribution < -0.4 is 10.6 Å². The van der Waals surface area contributed by atoms with Gasteiger partial charge in [-0.15, -0.1) is 0 Å². The van der Waals surface area contributed by atoms with E-state index in [0.717, 1.165) is 13.1 Å². The Bertz CT molecular complexity index is 373. The van der Waals surface area contributed by atoms with Gasteiger partial charge in [-0.3, -0.25) is 4.98 Å². The summed E-state index contributed by atoms with van der Waals surface area (Å²) in [7, 11) is 0. The van der Waals surface area contributed by atoms with Gasteiger partial charge in [-0.1, -0.05) is 13.8 Å². The van der Waals surface area contributed by atoms with Gasteiger partial charge in [0.25, 0.3) is 0 Å². The molecule has 1 atom stereocenters. The fourth-order valence-electron chi connectivity index (χ4n) is 2.50. The molecule has 17 heavy (non-hydrogen) atoms. The van der Waals surface area contributed by atoms with Gasteiger partial charge in [-0.25, -0.2) is 0 Å². The van der Waals surface area contributed by atoms with Crippen molar-refractivity contribution < 1.29 is 0 Å². The summed E-state index contributed by atoms with van der Waals surface area (Å²) in [5.74, 6) is 0.